The van der Waals surface area contributed by atoms with Gasteiger partial charge in [-0.1, -0.05) is 32.0 Å². The molecular weight excluding hydrogens is 464 g/mol. The van der Waals surface area contributed by atoms with Gasteiger partial charge in [0.05, 0.1) is 12.3 Å². The SMILES string of the molecule is CCCOc1ccc(-c2nn(-c3ccccc3)cc2/C=C2/C(=O)N(CCC)C(=O)C(C#N)=C2C)c(C)c1. The standard InChI is InChI=1S/C30H30N4O3/c1-5-14-33-29(35)26(21(4)27(18-31)30(33)36)17-22-19-34(23-10-8-7-9-11-23)32-28(22)25-13-12-24(16-20(25)3)37-15-6-2/h7-13,16-17,19H,5-6,14-15H2,1-4H3/b26-17+. The molecule has 4 rings (SSSR count). The van der Waals surface area contributed by atoms with Crippen LogP contribution in [0.5, 0.6) is 5.75 Å². The third-order valence-corrected chi connectivity index (χ3v) is 6.26. The molecule has 3 aromatic rings. The lowest BCUT2D eigenvalue weighted by Crippen LogP contribution is -2.43. The highest BCUT2D eigenvalue weighted by Gasteiger charge is 2.35. The lowest BCUT2D eigenvalue weighted by molar-refractivity contribution is -0.140. The summed E-state index contributed by atoms with van der Waals surface area (Å²) in [6, 6.07) is 17.6. The van der Waals surface area contributed by atoms with Crippen molar-refractivity contribution in [2.45, 2.75) is 40.5 Å². The van der Waals surface area contributed by atoms with E-state index >= 15 is 0 Å². The van der Waals surface area contributed by atoms with Crippen LogP contribution in [0.4, 0.5) is 0 Å². The summed E-state index contributed by atoms with van der Waals surface area (Å²) < 4.78 is 7.57. The van der Waals surface area contributed by atoms with Crippen molar-refractivity contribution in [3.05, 3.63) is 82.6 Å². The molecule has 0 atom stereocenters. The number of amides is 2. The van der Waals surface area contributed by atoms with Crippen LogP contribution in [0, 0.1) is 18.3 Å². The first kappa shape index (κ1) is 25.6. The number of imide groups is 1. The van der Waals surface area contributed by atoms with Crippen molar-refractivity contribution in [1.82, 2.24) is 14.7 Å². The number of nitriles is 1. The highest BCUT2D eigenvalue weighted by Crippen LogP contribution is 2.33. The monoisotopic (exact) mass is 494 g/mol. The van der Waals surface area contributed by atoms with E-state index in [4.69, 9.17) is 9.84 Å². The number of para-hydroxylation sites is 1. The normalized spacial score (nSPS) is 14.9. The molecule has 37 heavy (non-hydrogen) atoms. The summed E-state index contributed by atoms with van der Waals surface area (Å²) in [5.41, 5.74) is 4.84. The number of nitrogens with zero attached hydrogens (tertiary/aromatic N) is 4. The number of aromatic nitrogens is 2. The van der Waals surface area contributed by atoms with Crippen molar-refractivity contribution in [2.75, 3.05) is 13.2 Å². The third-order valence-electron chi connectivity index (χ3n) is 6.26. The van der Waals surface area contributed by atoms with Gasteiger partial charge in [0, 0.05) is 29.4 Å². The first-order valence-corrected chi connectivity index (χ1v) is 12.5. The molecule has 1 aliphatic rings. The lowest BCUT2D eigenvalue weighted by atomic mass is 9.92. The van der Waals surface area contributed by atoms with Gasteiger partial charge in [-0.3, -0.25) is 14.5 Å². The molecule has 7 heteroatoms. The maximum absolute atomic E-state index is 13.4. The smallest absolute Gasteiger partial charge is 0.271 e. The molecule has 0 unspecified atom stereocenters. The van der Waals surface area contributed by atoms with Crippen molar-refractivity contribution >= 4 is 17.9 Å². The fourth-order valence-electron chi connectivity index (χ4n) is 4.34. The second kappa shape index (κ2) is 11.1. The molecule has 0 radical (unpaired) electrons. The van der Waals surface area contributed by atoms with Gasteiger partial charge in [0.25, 0.3) is 11.8 Å². The zero-order chi connectivity index (χ0) is 26.5. The lowest BCUT2D eigenvalue weighted by Gasteiger charge is -2.27. The van der Waals surface area contributed by atoms with E-state index in [2.05, 4.69) is 6.92 Å². The summed E-state index contributed by atoms with van der Waals surface area (Å²) in [6.07, 6.45) is 5.13. The maximum atomic E-state index is 13.4. The second-order valence-electron chi connectivity index (χ2n) is 8.97. The summed E-state index contributed by atoms with van der Waals surface area (Å²) in [5, 5.41) is 14.6. The Morgan fingerprint density at radius 3 is 2.43 bits per heavy atom. The van der Waals surface area contributed by atoms with Gasteiger partial charge < -0.3 is 4.74 Å². The van der Waals surface area contributed by atoms with Gasteiger partial charge in [-0.15, -0.1) is 0 Å². The predicted octanol–water partition coefficient (Wildman–Crippen LogP) is 5.64. The van der Waals surface area contributed by atoms with Crippen LogP contribution in [-0.2, 0) is 9.59 Å². The van der Waals surface area contributed by atoms with E-state index in [-0.39, 0.29) is 12.1 Å². The van der Waals surface area contributed by atoms with E-state index in [1.807, 2.05) is 74.6 Å². The van der Waals surface area contributed by atoms with E-state index in [0.29, 0.717) is 35.4 Å². The van der Waals surface area contributed by atoms with Crippen LogP contribution < -0.4 is 4.74 Å². The highest BCUT2D eigenvalue weighted by molar-refractivity contribution is 6.19. The molecule has 2 heterocycles. The van der Waals surface area contributed by atoms with Gasteiger partial charge in [0.2, 0.25) is 0 Å². The van der Waals surface area contributed by atoms with Crippen LogP contribution in [0.3, 0.4) is 0 Å². The van der Waals surface area contributed by atoms with Crippen LogP contribution in [0.2, 0.25) is 0 Å². The largest absolute Gasteiger partial charge is 0.494 e. The highest BCUT2D eigenvalue weighted by atomic mass is 16.5. The van der Waals surface area contributed by atoms with Crippen LogP contribution in [0.15, 0.2) is 71.4 Å². The zero-order valence-corrected chi connectivity index (χ0v) is 21.6. The van der Waals surface area contributed by atoms with Crippen molar-refractivity contribution in [3.63, 3.8) is 0 Å². The summed E-state index contributed by atoms with van der Waals surface area (Å²) in [5.74, 6) is -0.149. The average molecular weight is 495 g/mol. The van der Waals surface area contributed by atoms with Gasteiger partial charge in [-0.05, 0) is 74.2 Å². The van der Waals surface area contributed by atoms with E-state index in [1.54, 1.807) is 17.7 Å². The Labute approximate surface area is 217 Å². The van der Waals surface area contributed by atoms with Crippen LogP contribution in [0.1, 0.15) is 44.7 Å². The molecule has 0 fully saturated rings. The molecule has 1 aromatic heterocycles. The zero-order valence-electron chi connectivity index (χ0n) is 21.6. The Bertz CT molecular complexity index is 1440. The fraction of sp³-hybridized carbons (Fsp3) is 0.267. The van der Waals surface area contributed by atoms with E-state index < -0.39 is 11.8 Å². The quantitative estimate of drug-likeness (QED) is 0.299. The van der Waals surface area contributed by atoms with Crippen molar-refractivity contribution in [1.29, 1.82) is 5.26 Å². The van der Waals surface area contributed by atoms with E-state index in [0.717, 1.165) is 33.9 Å². The van der Waals surface area contributed by atoms with Gasteiger partial charge >= 0.3 is 0 Å². The number of hydrogen-bond acceptors (Lipinski definition) is 5. The number of ether oxygens (including phenoxy) is 1. The topological polar surface area (TPSA) is 88.2 Å². The average Bonchev–Trinajstić information content (AvgIpc) is 3.32. The number of benzene rings is 2. The predicted molar refractivity (Wildman–Crippen MR) is 143 cm³/mol. The molecule has 0 spiro atoms. The summed E-state index contributed by atoms with van der Waals surface area (Å²) >= 11 is 0. The molecule has 2 aromatic carbocycles. The fourth-order valence-corrected chi connectivity index (χ4v) is 4.34. The molecule has 0 N–H and O–H groups in total. The van der Waals surface area contributed by atoms with Crippen molar-refractivity contribution in [2.24, 2.45) is 0 Å². The minimum atomic E-state index is -0.539. The number of carbonyl (C=O) groups is 2. The molecule has 7 nitrogen and oxygen atoms in total. The summed E-state index contributed by atoms with van der Waals surface area (Å²) in [4.78, 5) is 27.3. The summed E-state index contributed by atoms with van der Waals surface area (Å²) in [7, 11) is 0. The Morgan fingerprint density at radius 1 is 1.03 bits per heavy atom. The Kier molecular flexibility index (Phi) is 7.69. The van der Waals surface area contributed by atoms with Gasteiger partial charge in [-0.2, -0.15) is 10.4 Å². The van der Waals surface area contributed by atoms with E-state index in [9.17, 15) is 14.9 Å². The first-order chi connectivity index (χ1) is 17.9. The molecule has 0 aliphatic carbocycles. The van der Waals surface area contributed by atoms with Gasteiger partial charge in [0.15, 0.2) is 0 Å². The Balaban J connectivity index is 1.90. The molecule has 0 bridgehead atoms. The molecule has 188 valence electrons. The third kappa shape index (κ3) is 5.10. The van der Waals surface area contributed by atoms with Gasteiger partial charge in [-0.25, -0.2) is 4.68 Å². The van der Waals surface area contributed by atoms with Crippen LogP contribution in [-0.4, -0.2) is 39.6 Å². The summed E-state index contributed by atoms with van der Waals surface area (Å²) in [6.45, 7) is 8.49. The molecular formula is C30H30N4O3. The number of aryl methyl sites for hydroxylation is 1. The van der Waals surface area contributed by atoms with E-state index in [1.165, 1.54) is 0 Å². The number of carbonyl (C=O) groups excluding carboxylic acids is 2. The minimum Gasteiger partial charge on any atom is -0.494 e. The minimum absolute atomic E-state index is 0.00934. The number of rotatable bonds is 8. The van der Waals surface area contributed by atoms with Crippen molar-refractivity contribution in [3.8, 4) is 28.8 Å². The number of hydrogen-bond donors (Lipinski definition) is 0. The maximum Gasteiger partial charge on any atom is 0.271 e. The van der Waals surface area contributed by atoms with Crippen molar-refractivity contribution < 1.29 is 14.3 Å². The second-order valence-corrected chi connectivity index (χ2v) is 8.97. The molecule has 1 aliphatic heterocycles. The van der Waals surface area contributed by atoms with Crippen LogP contribution in [0.25, 0.3) is 23.0 Å². The van der Waals surface area contributed by atoms with Gasteiger partial charge in [0.1, 0.15) is 23.1 Å². The Morgan fingerprint density at radius 2 is 1.78 bits per heavy atom. The Hall–Kier alpha value is -4.44. The first-order valence-electron chi connectivity index (χ1n) is 12.5. The molecule has 2 amide bonds. The molecule has 0 saturated carbocycles. The molecule has 0 saturated heterocycles. The van der Waals surface area contributed by atoms with Crippen LogP contribution >= 0.6 is 0 Å².